The van der Waals surface area contributed by atoms with E-state index in [2.05, 4.69) is 15.2 Å². The molecule has 0 radical (unpaired) electrons. The number of hydrogen-bond donors (Lipinski definition) is 2. The molecule has 0 aliphatic rings. The van der Waals surface area contributed by atoms with Crippen molar-refractivity contribution < 1.29 is 27.8 Å². The van der Waals surface area contributed by atoms with Gasteiger partial charge in [0, 0.05) is 12.0 Å². The average Bonchev–Trinajstić information content (AvgIpc) is 3.17. The highest BCUT2D eigenvalue weighted by Crippen LogP contribution is 2.30. The monoisotopic (exact) mass is 433 g/mol. The molecule has 0 bridgehead atoms. The zero-order valence-corrected chi connectivity index (χ0v) is 17.0. The molecule has 1 aromatic heterocycles. The maximum Gasteiger partial charge on any atom is 0.416 e. The zero-order valence-electron chi connectivity index (χ0n) is 17.0. The highest BCUT2D eigenvalue weighted by molar-refractivity contribution is 5.76. The maximum atomic E-state index is 12.7. The molecule has 9 heteroatoms. The number of nitrogens with one attached hydrogen (secondary N) is 1. The number of benzene rings is 2. The number of carbonyl (C=O) groups is 1. The molecule has 1 heterocycles. The van der Waals surface area contributed by atoms with E-state index in [0.717, 1.165) is 30.5 Å². The van der Waals surface area contributed by atoms with Crippen molar-refractivity contribution >= 4 is 5.97 Å². The first-order valence-corrected chi connectivity index (χ1v) is 9.65. The van der Waals surface area contributed by atoms with Gasteiger partial charge in [0.25, 0.3) is 0 Å². The Labute approximate surface area is 177 Å². The normalized spacial score (nSPS) is 12.0. The molecule has 0 saturated heterocycles. The van der Waals surface area contributed by atoms with Gasteiger partial charge in [-0.1, -0.05) is 24.3 Å². The number of aromatic amines is 1. The second-order valence-corrected chi connectivity index (χ2v) is 7.60. The Kier molecular flexibility index (Phi) is 6.33. The van der Waals surface area contributed by atoms with E-state index in [9.17, 15) is 18.0 Å². The smallest absolute Gasteiger partial charge is 0.416 e. The lowest BCUT2D eigenvalue weighted by Gasteiger charge is -2.21. The number of aromatic nitrogens is 3. The Bertz CT molecular complexity index is 1030. The van der Waals surface area contributed by atoms with Crippen molar-refractivity contribution in [3.05, 3.63) is 65.5 Å². The second-order valence-electron chi connectivity index (χ2n) is 7.60. The van der Waals surface area contributed by atoms with Gasteiger partial charge in [-0.15, -0.1) is 0 Å². The fourth-order valence-electron chi connectivity index (χ4n) is 2.87. The maximum absolute atomic E-state index is 12.7. The lowest BCUT2D eigenvalue weighted by Crippen LogP contribution is -2.37. The number of aliphatic carboxylic acids is 1. The number of carboxylic acids is 1. The third-order valence-electron chi connectivity index (χ3n) is 4.69. The molecule has 3 rings (SSSR count). The van der Waals surface area contributed by atoms with E-state index >= 15 is 0 Å². The number of aryl methyl sites for hydroxylation is 2. The van der Waals surface area contributed by atoms with Crippen molar-refractivity contribution in [3.8, 4) is 17.1 Å². The highest BCUT2D eigenvalue weighted by atomic mass is 19.4. The average molecular weight is 433 g/mol. The molecule has 31 heavy (non-hydrogen) atoms. The first-order valence-electron chi connectivity index (χ1n) is 9.65. The van der Waals surface area contributed by atoms with Crippen LogP contribution in [-0.2, 0) is 23.8 Å². The quantitative estimate of drug-likeness (QED) is 0.527. The minimum Gasteiger partial charge on any atom is -0.478 e. The Morgan fingerprint density at radius 1 is 1.03 bits per heavy atom. The molecular formula is C22H22F3N3O3. The van der Waals surface area contributed by atoms with E-state index < -0.39 is 23.3 Å². The number of nitrogens with zero attached hydrogens (tertiary/aromatic N) is 2. The van der Waals surface area contributed by atoms with E-state index in [1.807, 2.05) is 12.1 Å². The Morgan fingerprint density at radius 2 is 1.68 bits per heavy atom. The molecule has 2 N–H and O–H groups in total. The first kappa shape index (κ1) is 22.3. The Balaban J connectivity index is 1.53. The van der Waals surface area contributed by atoms with Crippen molar-refractivity contribution in [2.75, 3.05) is 0 Å². The summed E-state index contributed by atoms with van der Waals surface area (Å²) in [5.74, 6) is 0.441. The van der Waals surface area contributed by atoms with Gasteiger partial charge < -0.3 is 9.84 Å². The van der Waals surface area contributed by atoms with Crippen LogP contribution in [0.1, 0.15) is 37.2 Å². The molecule has 2 aromatic carbocycles. The number of carboxylic acid groups (broad SMARTS) is 1. The van der Waals surface area contributed by atoms with Crippen molar-refractivity contribution in [1.82, 2.24) is 15.2 Å². The first-order chi connectivity index (χ1) is 14.5. The summed E-state index contributed by atoms with van der Waals surface area (Å²) in [6, 6.07) is 11.9. The molecule has 0 amide bonds. The van der Waals surface area contributed by atoms with E-state index in [-0.39, 0.29) is 0 Å². The van der Waals surface area contributed by atoms with Crippen LogP contribution in [0.25, 0.3) is 11.4 Å². The van der Waals surface area contributed by atoms with Crippen LogP contribution in [0.2, 0.25) is 0 Å². The molecule has 3 aromatic rings. The molecule has 0 aliphatic carbocycles. The molecule has 164 valence electrons. The molecule has 0 unspecified atom stereocenters. The SMILES string of the molecule is CC(C)(Oc1ccc(CCCc2nc(-c3ccc(C(F)(F)F)cc3)n[nH]2)cc1)C(=O)O. The van der Waals surface area contributed by atoms with Crippen LogP contribution in [-0.4, -0.2) is 31.9 Å². The second kappa shape index (κ2) is 8.79. The summed E-state index contributed by atoms with van der Waals surface area (Å²) < 4.78 is 43.5. The standard InChI is InChI=1S/C22H22F3N3O3/c1-21(2,20(29)30)31-17-12-6-14(7-13-17)4-3-5-18-26-19(28-27-18)15-8-10-16(11-9-15)22(23,24)25/h6-13H,3-5H2,1-2H3,(H,29,30)(H,26,27,28). The predicted molar refractivity (Wildman–Crippen MR) is 108 cm³/mol. The minimum atomic E-state index is -4.38. The lowest BCUT2D eigenvalue weighted by molar-refractivity contribution is -0.152. The summed E-state index contributed by atoms with van der Waals surface area (Å²) in [4.78, 5) is 15.5. The van der Waals surface area contributed by atoms with Gasteiger partial charge in [0.15, 0.2) is 11.4 Å². The third-order valence-corrected chi connectivity index (χ3v) is 4.69. The molecule has 0 saturated carbocycles. The molecule has 0 atom stereocenters. The topological polar surface area (TPSA) is 88.1 Å². The lowest BCUT2D eigenvalue weighted by atomic mass is 10.1. The summed E-state index contributed by atoms with van der Waals surface area (Å²) in [5, 5.41) is 16.0. The molecule has 0 aliphatic heterocycles. The van der Waals surface area contributed by atoms with Gasteiger partial charge in [-0.3, -0.25) is 5.10 Å². The largest absolute Gasteiger partial charge is 0.478 e. The van der Waals surface area contributed by atoms with Crippen molar-refractivity contribution in [3.63, 3.8) is 0 Å². The fraction of sp³-hybridized carbons (Fsp3) is 0.318. The number of rotatable bonds is 8. The van der Waals surface area contributed by atoms with Gasteiger partial charge in [0.1, 0.15) is 11.6 Å². The summed E-state index contributed by atoms with van der Waals surface area (Å²) >= 11 is 0. The van der Waals surface area contributed by atoms with Gasteiger partial charge >= 0.3 is 12.1 Å². The minimum absolute atomic E-state index is 0.353. The van der Waals surface area contributed by atoms with Gasteiger partial charge in [0.2, 0.25) is 0 Å². The summed E-state index contributed by atoms with van der Waals surface area (Å²) in [6.45, 7) is 2.97. The van der Waals surface area contributed by atoms with Crippen molar-refractivity contribution in [2.45, 2.75) is 44.9 Å². The molecule has 0 fully saturated rings. The van der Waals surface area contributed by atoms with E-state index in [4.69, 9.17) is 9.84 Å². The fourth-order valence-corrected chi connectivity index (χ4v) is 2.87. The van der Waals surface area contributed by atoms with Gasteiger partial charge in [-0.25, -0.2) is 9.78 Å². The number of alkyl halides is 3. The number of halogens is 3. The Morgan fingerprint density at radius 3 is 2.26 bits per heavy atom. The van der Waals surface area contributed by atoms with Crippen LogP contribution in [0.5, 0.6) is 5.75 Å². The number of H-pyrrole nitrogens is 1. The van der Waals surface area contributed by atoms with Gasteiger partial charge in [0.05, 0.1) is 5.56 Å². The summed E-state index contributed by atoms with van der Waals surface area (Å²) in [7, 11) is 0. The zero-order chi connectivity index (χ0) is 22.6. The summed E-state index contributed by atoms with van der Waals surface area (Å²) in [5.41, 5.74) is -0.452. The van der Waals surface area contributed by atoms with Gasteiger partial charge in [-0.05, 0) is 56.5 Å². The van der Waals surface area contributed by atoms with Crippen LogP contribution < -0.4 is 4.74 Å². The van der Waals surface area contributed by atoms with E-state index in [1.165, 1.54) is 26.0 Å². The Hall–Kier alpha value is -3.36. The third kappa shape index (κ3) is 5.84. The summed E-state index contributed by atoms with van der Waals surface area (Å²) in [6.07, 6.45) is -2.21. The van der Waals surface area contributed by atoms with Crippen LogP contribution >= 0.6 is 0 Å². The van der Waals surface area contributed by atoms with E-state index in [1.54, 1.807) is 12.1 Å². The predicted octanol–water partition coefficient (Wildman–Crippen LogP) is 4.91. The van der Waals surface area contributed by atoms with Crippen molar-refractivity contribution in [1.29, 1.82) is 0 Å². The molecular weight excluding hydrogens is 411 g/mol. The molecule has 6 nitrogen and oxygen atoms in total. The van der Waals surface area contributed by atoms with Crippen molar-refractivity contribution in [2.24, 2.45) is 0 Å². The van der Waals surface area contributed by atoms with Crippen LogP contribution in [0.15, 0.2) is 48.5 Å². The highest BCUT2D eigenvalue weighted by Gasteiger charge is 2.30. The van der Waals surface area contributed by atoms with Crippen LogP contribution in [0.4, 0.5) is 13.2 Å². The number of hydrogen-bond acceptors (Lipinski definition) is 4. The van der Waals surface area contributed by atoms with Crippen LogP contribution in [0, 0.1) is 0 Å². The molecule has 0 spiro atoms. The van der Waals surface area contributed by atoms with E-state index in [0.29, 0.717) is 29.4 Å². The van der Waals surface area contributed by atoms with Crippen LogP contribution in [0.3, 0.4) is 0 Å². The van der Waals surface area contributed by atoms with Gasteiger partial charge in [-0.2, -0.15) is 18.3 Å². The number of ether oxygens (including phenoxy) is 1.